The van der Waals surface area contributed by atoms with Crippen molar-refractivity contribution >= 4 is 46.3 Å². The van der Waals surface area contributed by atoms with E-state index in [1.54, 1.807) is 28.1 Å². The highest BCUT2D eigenvalue weighted by atomic mass is 32.1. The summed E-state index contributed by atoms with van der Waals surface area (Å²) in [4.78, 5) is 56.4. The van der Waals surface area contributed by atoms with E-state index in [-0.39, 0.29) is 17.7 Å². The summed E-state index contributed by atoms with van der Waals surface area (Å²) in [6, 6.07) is 6.07. The minimum atomic E-state index is -1.10. The van der Waals surface area contributed by atoms with Gasteiger partial charge in [-0.05, 0) is 66.1 Å². The lowest BCUT2D eigenvalue weighted by atomic mass is 9.94. The molecule has 1 aromatic heterocycles. The number of nitrogens with zero attached hydrogens (tertiary/aromatic N) is 2. The number of rotatable bonds is 10. The molecular formula is C29H39N5O4S. The summed E-state index contributed by atoms with van der Waals surface area (Å²) >= 11 is 1.55. The van der Waals surface area contributed by atoms with Crippen molar-refractivity contribution in [3.8, 4) is 0 Å². The van der Waals surface area contributed by atoms with Crippen molar-refractivity contribution in [3.63, 3.8) is 0 Å². The lowest BCUT2D eigenvalue weighted by Gasteiger charge is -2.38. The Morgan fingerprint density at radius 3 is 2.62 bits per heavy atom. The van der Waals surface area contributed by atoms with Gasteiger partial charge in [-0.25, -0.2) is 0 Å². The molecule has 210 valence electrons. The van der Waals surface area contributed by atoms with Crippen LogP contribution in [0, 0.1) is 5.92 Å². The normalized spacial score (nSPS) is 19.6. The van der Waals surface area contributed by atoms with E-state index in [1.807, 2.05) is 55.8 Å². The fraction of sp³-hybridized carbons (Fsp3) is 0.517. The van der Waals surface area contributed by atoms with Gasteiger partial charge in [-0.15, -0.1) is 0 Å². The van der Waals surface area contributed by atoms with E-state index < -0.39 is 29.4 Å². The van der Waals surface area contributed by atoms with Crippen LogP contribution < -0.4 is 26.2 Å². The van der Waals surface area contributed by atoms with Crippen LogP contribution >= 0.6 is 11.3 Å². The molecule has 1 aromatic carbocycles. The zero-order valence-electron chi connectivity index (χ0n) is 23.2. The molecule has 4 amide bonds. The third-order valence-electron chi connectivity index (χ3n) is 7.54. The van der Waals surface area contributed by atoms with Gasteiger partial charge in [0.15, 0.2) is 0 Å². The minimum Gasteiger partial charge on any atom is -0.343 e. The van der Waals surface area contributed by atoms with Gasteiger partial charge in [0.25, 0.3) is 0 Å². The van der Waals surface area contributed by atoms with E-state index in [9.17, 15) is 19.2 Å². The van der Waals surface area contributed by atoms with Crippen molar-refractivity contribution in [1.82, 2.24) is 10.6 Å². The number of thiophene rings is 1. The second-order valence-electron chi connectivity index (χ2n) is 11.2. The van der Waals surface area contributed by atoms with Crippen molar-refractivity contribution in [2.45, 2.75) is 84.0 Å². The molecule has 3 heterocycles. The highest BCUT2D eigenvalue weighted by molar-refractivity contribution is 7.07. The van der Waals surface area contributed by atoms with Gasteiger partial charge in [-0.2, -0.15) is 11.3 Å². The first-order valence-corrected chi connectivity index (χ1v) is 14.6. The minimum absolute atomic E-state index is 0.0491. The number of carbonyl (C=O) groups is 4. The van der Waals surface area contributed by atoms with Crippen LogP contribution in [0.15, 0.2) is 35.0 Å². The fourth-order valence-electron chi connectivity index (χ4n) is 5.07. The average molecular weight is 554 g/mol. The highest BCUT2D eigenvalue weighted by Crippen LogP contribution is 2.40. The molecule has 0 radical (unpaired) electrons. The first-order valence-electron chi connectivity index (χ1n) is 13.7. The molecule has 2 aliphatic rings. The first kappa shape index (κ1) is 28.8. The third-order valence-corrected chi connectivity index (χ3v) is 8.27. The molecule has 1 fully saturated rings. The van der Waals surface area contributed by atoms with Crippen molar-refractivity contribution in [2.24, 2.45) is 11.7 Å². The van der Waals surface area contributed by atoms with Crippen molar-refractivity contribution < 1.29 is 19.2 Å². The Morgan fingerprint density at radius 1 is 1.23 bits per heavy atom. The van der Waals surface area contributed by atoms with Gasteiger partial charge < -0.3 is 26.2 Å². The molecule has 2 aromatic rings. The Hall–Kier alpha value is -3.24. The predicted molar refractivity (Wildman–Crippen MR) is 153 cm³/mol. The molecular weight excluding hydrogens is 514 g/mol. The number of hydrogen-bond donors (Lipinski definition) is 3. The Labute approximate surface area is 234 Å². The Morgan fingerprint density at radius 2 is 2.00 bits per heavy atom. The molecule has 0 saturated carbocycles. The molecule has 4 N–H and O–H groups in total. The summed E-state index contributed by atoms with van der Waals surface area (Å²) in [5, 5.41) is 9.70. The standard InChI is InChI=1S/C29H39N5O4S/c1-5-29(4,30)28(38)32-21(14-18(2)3)26(36)31-22-15-20-8-6-9-23(33-12-7-10-24(33)35)25(20)34(27(22)37)16-19-11-13-39-17-19/h6,8-9,11,13,17-18,21-22H,5,7,10,12,14-16,30H2,1-4H3,(H,31,36)(H,32,38)/t21-,22?,29?/m1/s1. The van der Waals surface area contributed by atoms with Crippen LogP contribution in [-0.2, 0) is 32.1 Å². The Bertz CT molecular complexity index is 1230. The maximum Gasteiger partial charge on any atom is 0.250 e. The molecule has 0 spiro atoms. The van der Waals surface area contributed by atoms with Crippen LogP contribution in [-0.4, -0.2) is 47.8 Å². The lowest BCUT2D eigenvalue weighted by Crippen LogP contribution is -2.60. The number of amides is 4. The number of fused-ring (bicyclic) bond motifs is 1. The number of anilines is 2. The smallest absolute Gasteiger partial charge is 0.250 e. The largest absolute Gasteiger partial charge is 0.343 e. The highest BCUT2D eigenvalue weighted by Gasteiger charge is 2.39. The summed E-state index contributed by atoms with van der Waals surface area (Å²) in [5.41, 5.74) is 8.34. The summed E-state index contributed by atoms with van der Waals surface area (Å²) in [7, 11) is 0. The zero-order chi connectivity index (χ0) is 28.3. The zero-order valence-corrected chi connectivity index (χ0v) is 24.0. The summed E-state index contributed by atoms with van der Waals surface area (Å²) in [6.07, 6.45) is 2.40. The summed E-state index contributed by atoms with van der Waals surface area (Å²) in [5.74, 6) is -0.872. The molecule has 10 heteroatoms. The lowest BCUT2D eigenvalue weighted by molar-refractivity contribution is -0.133. The molecule has 4 rings (SSSR count). The van der Waals surface area contributed by atoms with Gasteiger partial charge in [-0.3, -0.25) is 19.2 Å². The topological polar surface area (TPSA) is 125 Å². The number of benzene rings is 1. The van der Waals surface area contributed by atoms with Crippen LogP contribution in [0.4, 0.5) is 11.4 Å². The number of nitrogens with two attached hydrogens (primary N) is 1. The van der Waals surface area contributed by atoms with Gasteiger partial charge in [0.05, 0.1) is 23.5 Å². The van der Waals surface area contributed by atoms with E-state index in [0.29, 0.717) is 38.8 Å². The van der Waals surface area contributed by atoms with Crippen molar-refractivity contribution in [2.75, 3.05) is 16.3 Å². The van der Waals surface area contributed by atoms with E-state index in [1.165, 1.54) is 0 Å². The van der Waals surface area contributed by atoms with Crippen LogP contribution in [0.2, 0.25) is 0 Å². The monoisotopic (exact) mass is 553 g/mol. The number of nitrogens with one attached hydrogen (secondary N) is 2. The maximum atomic E-state index is 14.0. The SMILES string of the molecule is CCC(C)(N)C(=O)N[C@H](CC(C)C)C(=O)NC1Cc2cccc(N3CCCC3=O)c2N(Cc2ccsc2)C1=O. The number of para-hydroxylation sites is 1. The van der Waals surface area contributed by atoms with E-state index in [0.717, 1.165) is 28.9 Å². The van der Waals surface area contributed by atoms with Crippen LogP contribution in [0.25, 0.3) is 0 Å². The van der Waals surface area contributed by atoms with E-state index in [2.05, 4.69) is 10.6 Å². The molecule has 2 aliphatic heterocycles. The van der Waals surface area contributed by atoms with Crippen LogP contribution in [0.1, 0.15) is 64.5 Å². The number of hydrogen-bond acceptors (Lipinski definition) is 6. The van der Waals surface area contributed by atoms with Gasteiger partial charge in [0, 0.05) is 19.4 Å². The number of carbonyl (C=O) groups excluding carboxylic acids is 4. The first-order chi connectivity index (χ1) is 18.5. The Kier molecular flexibility index (Phi) is 8.76. The van der Waals surface area contributed by atoms with Gasteiger partial charge in [0.1, 0.15) is 12.1 Å². The second-order valence-corrected chi connectivity index (χ2v) is 12.0. The molecule has 1 saturated heterocycles. The molecule has 0 aliphatic carbocycles. The average Bonchev–Trinajstić information content (AvgIpc) is 3.56. The van der Waals surface area contributed by atoms with Gasteiger partial charge >= 0.3 is 0 Å². The summed E-state index contributed by atoms with van der Waals surface area (Å²) < 4.78 is 0. The predicted octanol–water partition coefficient (Wildman–Crippen LogP) is 3.11. The molecule has 9 nitrogen and oxygen atoms in total. The fourth-order valence-corrected chi connectivity index (χ4v) is 5.73. The molecule has 0 bridgehead atoms. The van der Waals surface area contributed by atoms with Crippen LogP contribution in [0.5, 0.6) is 0 Å². The quantitative estimate of drug-likeness (QED) is 0.417. The third kappa shape index (κ3) is 6.33. The van der Waals surface area contributed by atoms with Crippen molar-refractivity contribution in [3.05, 3.63) is 46.2 Å². The van der Waals surface area contributed by atoms with Crippen LogP contribution in [0.3, 0.4) is 0 Å². The molecule has 39 heavy (non-hydrogen) atoms. The van der Waals surface area contributed by atoms with Gasteiger partial charge in [-0.1, -0.05) is 32.9 Å². The molecule has 3 atom stereocenters. The second kappa shape index (κ2) is 11.9. The van der Waals surface area contributed by atoms with Gasteiger partial charge in [0.2, 0.25) is 23.6 Å². The summed E-state index contributed by atoms with van der Waals surface area (Å²) in [6.45, 7) is 8.35. The van der Waals surface area contributed by atoms with Crippen molar-refractivity contribution in [1.29, 1.82) is 0 Å². The maximum absolute atomic E-state index is 14.0. The van der Waals surface area contributed by atoms with E-state index >= 15 is 0 Å². The Balaban J connectivity index is 1.63. The molecule has 2 unspecified atom stereocenters. The van der Waals surface area contributed by atoms with E-state index in [4.69, 9.17) is 5.73 Å².